The lowest BCUT2D eigenvalue weighted by molar-refractivity contribution is -0.140. The van der Waals surface area contributed by atoms with E-state index in [1.54, 1.807) is 25.6 Å². The summed E-state index contributed by atoms with van der Waals surface area (Å²) >= 11 is 1.57. The van der Waals surface area contributed by atoms with Crippen molar-refractivity contribution in [3.8, 4) is 5.88 Å². The van der Waals surface area contributed by atoms with Gasteiger partial charge < -0.3 is 25.0 Å². The summed E-state index contributed by atoms with van der Waals surface area (Å²) in [6.45, 7) is 4.94. The molecule has 3 atom stereocenters. The molecule has 0 radical (unpaired) electrons. The van der Waals surface area contributed by atoms with Gasteiger partial charge in [-0.15, -0.1) is 11.8 Å². The normalized spacial score (nSPS) is 24.9. The van der Waals surface area contributed by atoms with E-state index in [2.05, 4.69) is 22.7 Å². The number of aromatic nitrogens is 1. The monoisotopic (exact) mass is 535 g/mol. The third kappa shape index (κ3) is 7.21. The van der Waals surface area contributed by atoms with Gasteiger partial charge in [0.25, 0.3) is 11.8 Å². The average molecular weight is 536 g/mol. The Bertz CT molecular complexity index is 961. The first-order valence-corrected chi connectivity index (χ1v) is 14.6. The highest BCUT2D eigenvalue weighted by molar-refractivity contribution is 8.00. The molecule has 3 N–H and O–H groups in total. The lowest BCUT2D eigenvalue weighted by Crippen LogP contribution is -2.42. The number of carboxylic acids is 1. The summed E-state index contributed by atoms with van der Waals surface area (Å²) in [7, 11) is 0. The largest absolute Gasteiger partial charge is 0.480 e. The second kappa shape index (κ2) is 12.1. The number of nitrogens with zero attached hydrogens (tertiary/aromatic N) is 1. The molecule has 2 bridgehead atoms. The van der Waals surface area contributed by atoms with E-state index < -0.39 is 23.8 Å². The summed E-state index contributed by atoms with van der Waals surface area (Å²) in [6.07, 6.45) is 12.1. The molecule has 10 heteroatoms. The molecule has 3 fully saturated rings. The fourth-order valence-electron chi connectivity index (χ4n) is 6.07. The molecule has 3 aliphatic carbocycles. The number of ether oxygens (including phenoxy) is 1. The molecule has 0 spiro atoms. The highest BCUT2D eigenvalue weighted by Crippen LogP contribution is 2.44. The van der Waals surface area contributed by atoms with Crippen LogP contribution in [0, 0.1) is 23.2 Å². The van der Waals surface area contributed by atoms with Gasteiger partial charge in [0.1, 0.15) is 18.0 Å². The number of carboxylic acid groups (broad SMARTS) is 1. The molecule has 37 heavy (non-hydrogen) atoms. The standard InChI is InChI=1S/C27H41N3O6S/c1-16(19-12-17-7-6-8-18(11-17)13-19)29-24(33)22-23(37-20-9-4-5-10-20)25(30-36-22)35-15-27(2,3)26(34)28-14-21(31)32/h16-20H,4-15H2,1-3H3,(H,28,34)(H,29,33)(H,31,32). The molecule has 3 saturated carbocycles. The predicted octanol–water partition coefficient (Wildman–Crippen LogP) is 4.65. The summed E-state index contributed by atoms with van der Waals surface area (Å²) in [6, 6.07) is 0.0477. The Labute approximate surface area is 223 Å². The van der Waals surface area contributed by atoms with Crippen LogP contribution in [0.25, 0.3) is 0 Å². The van der Waals surface area contributed by atoms with Crippen molar-refractivity contribution in [1.82, 2.24) is 15.8 Å². The lowest BCUT2D eigenvalue weighted by atomic mass is 9.66. The SMILES string of the molecule is CC(NC(=O)c1onc(OCC(C)(C)C(=O)NCC(=O)O)c1SC1CCCC1)C1CC2CCCC(C2)C1. The Kier molecular flexibility index (Phi) is 9.08. The maximum Gasteiger partial charge on any atom is 0.322 e. The van der Waals surface area contributed by atoms with E-state index in [1.807, 2.05) is 0 Å². The molecule has 2 amide bonds. The lowest BCUT2D eigenvalue weighted by Gasteiger charge is -2.41. The van der Waals surface area contributed by atoms with E-state index in [4.69, 9.17) is 14.4 Å². The summed E-state index contributed by atoms with van der Waals surface area (Å²) in [5, 5.41) is 18.9. The minimum absolute atomic E-state index is 0.0362. The van der Waals surface area contributed by atoms with Crippen molar-refractivity contribution < 1.29 is 28.8 Å². The molecule has 4 rings (SSSR count). The van der Waals surface area contributed by atoms with Crippen LogP contribution in [0.1, 0.15) is 95.5 Å². The zero-order valence-corrected chi connectivity index (χ0v) is 23.0. The van der Waals surface area contributed by atoms with Gasteiger partial charge in [0.05, 0.1) is 5.41 Å². The van der Waals surface area contributed by atoms with Crippen LogP contribution in [-0.2, 0) is 9.59 Å². The van der Waals surface area contributed by atoms with E-state index >= 15 is 0 Å². The number of thioether (sulfide) groups is 1. The van der Waals surface area contributed by atoms with Gasteiger partial charge in [-0.25, -0.2) is 0 Å². The van der Waals surface area contributed by atoms with Crippen molar-refractivity contribution in [3.63, 3.8) is 0 Å². The van der Waals surface area contributed by atoms with Crippen LogP contribution in [-0.4, -0.2) is 52.5 Å². The molecule has 0 aliphatic heterocycles. The maximum atomic E-state index is 13.4. The molecule has 1 aromatic rings. The van der Waals surface area contributed by atoms with Gasteiger partial charge in [0, 0.05) is 11.3 Å². The number of rotatable bonds is 11. The number of hydrogen-bond acceptors (Lipinski definition) is 7. The van der Waals surface area contributed by atoms with E-state index in [0.29, 0.717) is 16.1 Å². The number of amides is 2. The van der Waals surface area contributed by atoms with Crippen molar-refractivity contribution >= 4 is 29.5 Å². The summed E-state index contributed by atoms with van der Waals surface area (Å²) in [5.74, 6) is 0.597. The van der Waals surface area contributed by atoms with E-state index in [-0.39, 0.29) is 30.2 Å². The summed E-state index contributed by atoms with van der Waals surface area (Å²) < 4.78 is 11.5. The average Bonchev–Trinajstić information content (AvgIpc) is 3.51. The molecule has 9 nitrogen and oxygen atoms in total. The van der Waals surface area contributed by atoms with Gasteiger partial charge in [-0.05, 0) is 75.8 Å². The number of fused-ring (bicyclic) bond motifs is 2. The zero-order chi connectivity index (χ0) is 26.6. The first kappa shape index (κ1) is 27.8. The molecule has 3 unspecified atom stereocenters. The first-order chi connectivity index (χ1) is 17.6. The van der Waals surface area contributed by atoms with Crippen LogP contribution in [0.4, 0.5) is 0 Å². The van der Waals surface area contributed by atoms with Crippen molar-refractivity contribution in [2.45, 2.75) is 101 Å². The molecular weight excluding hydrogens is 494 g/mol. The van der Waals surface area contributed by atoms with Crippen LogP contribution in [0.2, 0.25) is 0 Å². The van der Waals surface area contributed by atoms with Crippen molar-refractivity contribution in [1.29, 1.82) is 0 Å². The van der Waals surface area contributed by atoms with Crippen LogP contribution >= 0.6 is 11.8 Å². The Morgan fingerprint density at radius 3 is 2.43 bits per heavy atom. The Hall–Kier alpha value is -2.23. The smallest absolute Gasteiger partial charge is 0.322 e. The number of nitrogens with one attached hydrogen (secondary N) is 2. The van der Waals surface area contributed by atoms with Gasteiger partial charge in [-0.2, -0.15) is 0 Å². The second-order valence-electron chi connectivity index (χ2n) is 11.8. The topological polar surface area (TPSA) is 131 Å². The molecular formula is C27H41N3O6S. The van der Waals surface area contributed by atoms with Gasteiger partial charge >= 0.3 is 5.97 Å². The number of hydrogen-bond donors (Lipinski definition) is 3. The number of aliphatic carboxylic acids is 1. The summed E-state index contributed by atoms with van der Waals surface area (Å²) in [4.78, 5) is 37.2. The molecule has 0 saturated heterocycles. The minimum atomic E-state index is -1.11. The maximum absolute atomic E-state index is 13.4. The molecule has 1 aromatic heterocycles. The quantitative estimate of drug-likeness (QED) is 0.373. The second-order valence-corrected chi connectivity index (χ2v) is 13.1. The first-order valence-electron chi connectivity index (χ1n) is 13.7. The van der Waals surface area contributed by atoms with E-state index in [0.717, 1.165) is 37.5 Å². The third-order valence-corrected chi connectivity index (χ3v) is 9.63. The fraction of sp³-hybridized carbons (Fsp3) is 0.778. The van der Waals surface area contributed by atoms with Gasteiger partial charge in [-0.3, -0.25) is 14.4 Å². The molecule has 1 heterocycles. The van der Waals surface area contributed by atoms with Crippen molar-refractivity contribution in [2.75, 3.05) is 13.2 Å². The summed E-state index contributed by atoms with van der Waals surface area (Å²) in [5.41, 5.74) is -1.00. The third-order valence-electron chi connectivity index (χ3n) is 8.23. The highest BCUT2D eigenvalue weighted by Gasteiger charge is 2.36. The fourth-order valence-corrected chi connectivity index (χ4v) is 7.41. The van der Waals surface area contributed by atoms with Crippen LogP contribution in [0.15, 0.2) is 9.42 Å². The Morgan fingerprint density at radius 2 is 1.78 bits per heavy atom. The molecule has 3 aliphatic rings. The molecule has 0 aromatic carbocycles. The van der Waals surface area contributed by atoms with Crippen LogP contribution in [0.3, 0.4) is 0 Å². The van der Waals surface area contributed by atoms with Gasteiger partial charge in [-0.1, -0.05) is 32.1 Å². The zero-order valence-electron chi connectivity index (χ0n) is 22.2. The Balaban J connectivity index is 1.43. The van der Waals surface area contributed by atoms with Crippen LogP contribution < -0.4 is 15.4 Å². The molecule has 206 valence electrons. The van der Waals surface area contributed by atoms with Gasteiger partial charge in [0.2, 0.25) is 11.7 Å². The van der Waals surface area contributed by atoms with Crippen molar-refractivity contribution in [3.05, 3.63) is 5.76 Å². The minimum Gasteiger partial charge on any atom is -0.480 e. The van der Waals surface area contributed by atoms with Crippen LogP contribution in [0.5, 0.6) is 5.88 Å². The van der Waals surface area contributed by atoms with Crippen molar-refractivity contribution in [2.24, 2.45) is 23.2 Å². The Morgan fingerprint density at radius 1 is 1.11 bits per heavy atom. The number of carbonyl (C=O) groups is 3. The van der Waals surface area contributed by atoms with E-state index in [9.17, 15) is 14.4 Å². The highest BCUT2D eigenvalue weighted by atomic mass is 32.2. The van der Waals surface area contributed by atoms with E-state index in [1.165, 1.54) is 38.5 Å². The predicted molar refractivity (Wildman–Crippen MR) is 140 cm³/mol. The number of carbonyl (C=O) groups excluding carboxylic acids is 2. The van der Waals surface area contributed by atoms with Gasteiger partial charge in [0.15, 0.2) is 0 Å².